The average molecular weight is 443 g/mol. The zero-order valence-corrected chi connectivity index (χ0v) is 16.9. The number of fused-ring (bicyclic) bond motifs is 2. The van der Waals surface area contributed by atoms with Crippen molar-refractivity contribution in [1.82, 2.24) is 19.7 Å². The lowest BCUT2D eigenvalue weighted by Crippen LogP contribution is -2.22. The van der Waals surface area contributed by atoms with Gasteiger partial charge in [0.1, 0.15) is 23.4 Å². The van der Waals surface area contributed by atoms with Gasteiger partial charge in [0.2, 0.25) is 0 Å². The molecule has 0 amide bonds. The molecule has 3 N–H and O–H groups in total. The van der Waals surface area contributed by atoms with Crippen molar-refractivity contribution in [2.24, 2.45) is 0 Å². The highest BCUT2D eigenvalue weighted by molar-refractivity contribution is 9.10. The summed E-state index contributed by atoms with van der Waals surface area (Å²) in [5.74, 6) is 0. The zero-order chi connectivity index (χ0) is 20.0. The zero-order valence-electron chi connectivity index (χ0n) is 15.3. The number of hydrogen-bond acceptors (Lipinski definition) is 6. The first-order valence-electron chi connectivity index (χ1n) is 8.79. The Labute approximate surface area is 169 Å². The molecule has 2 heterocycles. The van der Waals surface area contributed by atoms with Crippen LogP contribution in [-0.4, -0.2) is 47.8 Å². The molecule has 0 spiro atoms. The van der Waals surface area contributed by atoms with Crippen molar-refractivity contribution < 1.29 is 15.3 Å². The number of hydrogen-bond donors (Lipinski definition) is 3. The van der Waals surface area contributed by atoms with Gasteiger partial charge in [0.05, 0.1) is 23.3 Å². The quantitative estimate of drug-likeness (QED) is 0.448. The maximum Gasteiger partial charge on any atom is 0.182 e. The molecule has 28 heavy (non-hydrogen) atoms. The van der Waals surface area contributed by atoms with E-state index in [1.165, 1.54) is 0 Å². The van der Waals surface area contributed by atoms with Crippen molar-refractivity contribution in [3.8, 4) is 5.69 Å². The fraction of sp³-hybridized carbons (Fsp3) is 0.250. The molecule has 0 radical (unpaired) electrons. The Balaban J connectivity index is 2.03. The standard InChI is InChI=1S/C20H19BrN4O3/c1-10-7-14-15(8-11(10)2)23-20-18(22-14)17(19(28)16(27)9-26)24-25(20)13-5-3-12(21)4-6-13/h3-8,16,19,26-28H,9H2,1-2H3. The highest BCUT2D eigenvalue weighted by Gasteiger charge is 2.26. The van der Waals surface area contributed by atoms with Crippen LogP contribution in [0, 0.1) is 13.8 Å². The molecule has 0 saturated heterocycles. The number of aryl methyl sites for hydroxylation is 2. The van der Waals surface area contributed by atoms with Gasteiger partial charge in [-0.3, -0.25) is 0 Å². The maximum absolute atomic E-state index is 10.5. The second-order valence-electron chi connectivity index (χ2n) is 6.79. The highest BCUT2D eigenvalue weighted by Crippen LogP contribution is 2.28. The summed E-state index contributed by atoms with van der Waals surface area (Å²) in [7, 11) is 0. The minimum absolute atomic E-state index is 0.173. The summed E-state index contributed by atoms with van der Waals surface area (Å²) in [6.07, 6.45) is -2.75. The molecule has 2 atom stereocenters. The van der Waals surface area contributed by atoms with Gasteiger partial charge in [-0.05, 0) is 61.4 Å². The lowest BCUT2D eigenvalue weighted by molar-refractivity contribution is -0.0168. The summed E-state index contributed by atoms with van der Waals surface area (Å²) in [4.78, 5) is 9.41. The van der Waals surface area contributed by atoms with E-state index in [2.05, 4.69) is 26.0 Å². The van der Waals surface area contributed by atoms with Crippen LogP contribution in [0.15, 0.2) is 40.9 Å². The van der Waals surface area contributed by atoms with E-state index >= 15 is 0 Å². The molecular weight excluding hydrogens is 424 g/mol. The average Bonchev–Trinajstić information content (AvgIpc) is 3.05. The molecule has 0 aliphatic heterocycles. The van der Waals surface area contributed by atoms with E-state index in [0.29, 0.717) is 16.7 Å². The number of nitrogens with zero attached hydrogens (tertiary/aromatic N) is 4. The monoisotopic (exact) mass is 442 g/mol. The molecule has 7 nitrogen and oxygen atoms in total. The summed E-state index contributed by atoms with van der Waals surface area (Å²) in [5.41, 5.74) is 5.35. The van der Waals surface area contributed by atoms with Crippen molar-refractivity contribution in [3.63, 3.8) is 0 Å². The minimum Gasteiger partial charge on any atom is -0.394 e. The molecule has 4 aromatic rings. The summed E-state index contributed by atoms with van der Waals surface area (Å²) in [6, 6.07) is 11.4. The summed E-state index contributed by atoms with van der Waals surface area (Å²) >= 11 is 3.41. The van der Waals surface area contributed by atoms with Gasteiger partial charge in [0.25, 0.3) is 0 Å². The number of aliphatic hydroxyl groups is 3. The molecule has 0 aliphatic rings. The van der Waals surface area contributed by atoms with Crippen molar-refractivity contribution in [2.75, 3.05) is 6.61 Å². The smallest absolute Gasteiger partial charge is 0.182 e. The molecule has 0 fully saturated rings. The molecule has 144 valence electrons. The summed E-state index contributed by atoms with van der Waals surface area (Å²) in [5, 5.41) is 34.2. The maximum atomic E-state index is 10.5. The van der Waals surface area contributed by atoms with Gasteiger partial charge in [-0.15, -0.1) is 0 Å². The normalized spacial score (nSPS) is 13.9. The van der Waals surface area contributed by atoms with Gasteiger partial charge in [-0.1, -0.05) is 15.9 Å². The van der Waals surface area contributed by atoms with Crippen LogP contribution in [0.5, 0.6) is 0 Å². The number of halogens is 1. The van der Waals surface area contributed by atoms with Crippen molar-refractivity contribution in [3.05, 3.63) is 57.7 Å². The second kappa shape index (κ2) is 7.21. The first-order valence-corrected chi connectivity index (χ1v) is 9.59. The highest BCUT2D eigenvalue weighted by atomic mass is 79.9. The Kier molecular flexibility index (Phi) is 4.88. The van der Waals surface area contributed by atoms with Gasteiger partial charge in [-0.25, -0.2) is 14.6 Å². The Morgan fingerprint density at radius 2 is 1.61 bits per heavy atom. The first kappa shape index (κ1) is 18.9. The van der Waals surface area contributed by atoms with Crippen molar-refractivity contribution >= 4 is 38.1 Å². The van der Waals surface area contributed by atoms with E-state index in [1.807, 2.05) is 50.2 Å². The SMILES string of the molecule is Cc1cc2nc3c(C(O)C(O)CO)nn(-c4ccc(Br)cc4)c3nc2cc1C. The third kappa shape index (κ3) is 3.18. The third-order valence-electron chi connectivity index (χ3n) is 4.82. The fourth-order valence-electron chi connectivity index (χ4n) is 3.07. The molecule has 2 aromatic carbocycles. The fourth-order valence-corrected chi connectivity index (χ4v) is 3.33. The number of benzene rings is 2. The molecule has 0 aliphatic carbocycles. The third-order valence-corrected chi connectivity index (χ3v) is 5.34. The summed E-state index contributed by atoms with van der Waals surface area (Å²) in [6.45, 7) is 3.42. The van der Waals surface area contributed by atoms with Gasteiger partial charge in [0, 0.05) is 4.47 Å². The number of aliphatic hydroxyl groups excluding tert-OH is 3. The van der Waals surface area contributed by atoms with Gasteiger partial charge >= 0.3 is 0 Å². The van der Waals surface area contributed by atoms with Gasteiger partial charge in [0.15, 0.2) is 5.65 Å². The van der Waals surface area contributed by atoms with Crippen molar-refractivity contribution in [1.29, 1.82) is 0 Å². The van der Waals surface area contributed by atoms with E-state index in [-0.39, 0.29) is 5.69 Å². The summed E-state index contributed by atoms with van der Waals surface area (Å²) < 4.78 is 2.51. The largest absolute Gasteiger partial charge is 0.394 e. The molecule has 0 bridgehead atoms. The Morgan fingerprint density at radius 3 is 2.21 bits per heavy atom. The number of rotatable bonds is 4. The van der Waals surface area contributed by atoms with E-state index in [1.54, 1.807) is 4.68 Å². The van der Waals surface area contributed by atoms with Crippen molar-refractivity contribution in [2.45, 2.75) is 26.1 Å². The Hall–Kier alpha value is -2.39. The van der Waals surface area contributed by atoms with Crippen LogP contribution in [0.2, 0.25) is 0 Å². The van der Waals surface area contributed by atoms with E-state index in [0.717, 1.165) is 26.8 Å². The van der Waals surface area contributed by atoms with E-state index in [9.17, 15) is 15.3 Å². The Morgan fingerprint density at radius 1 is 1.00 bits per heavy atom. The van der Waals surface area contributed by atoms with E-state index in [4.69, 9.17) is 4.98 Å². The molecule has 4 rings (SSSR count). The lowest BCUT2D eigenvalue weighted by Gasteiger charge is -2.13. The number of aromatic nitrogens is 4. The molecular formula is C20H19BrN4O3. The lowest BCUT2D eigenvalue weighted by atomic mass is 10.1. The first-order chi connectivity index (χ1) is 13.4. The molecule has 0 saturated carbocycles. The van der Waals surface area contributed by atoms with E-state index < -0.39 is 18.8 Å². The van der Waals surface area contributed by atoms with Crippen LogP contribution >= 0.6 is 15.9 Å². The predicted molar refractivity (Wildman–Crippen MR) is 109 cm³/mol. The molecule has 2 unspecified atom stereocenters. The van der Waals surface area contributed by atoms with Gasteiger partial charge < -0.3 is 15.3 Å². The van der Waals surface area contributed by atoms with Crippen LogP contribution in [0.3, 0.4) is 0 Å². The van der Waals surface area contributed by atoms with Gasteiger partial charge in [-0.2, -0.15) is 5.10 Å². The minimum atomic E-state index is -1.39. The van der Waals surface area contributed by atoms with Crippen LogP contribution in [0.1, 0.15) is 22.9 Å². The second-order valence-corrected chi connectivity index (χ2v) is 7.70. The topological polar surface area (TPSA) is 104 Å². The molecule has 2 aromatic heterocycles. The van der Waals surface area contributed by atoms with Crippen LogP contribution in [0.25, 0.3) is 27.9 Å². The predicted octanol–water partition coefficient (Wildman–Crippen LogP) is 2.73. The van der Waals surface area contributed by atoms with Crippen LogP contribution in [-0.2, 0) is 0 Å². The van der Waals surface area contributed by atoms with Crippen LogP contribution in [0.4, 0.5) is 0 Å². The molecule has 8 heteroatoms. The van der Waals surface area contributed by atoms with Crippen LogP contribution < -0.4 is 0 Å². The Bertz CT molecular complexity index is 1170.